The summed E-state index contributed by atoms with van der Waals surface area (Å²) in [5.41, 5.74) is 2.26. The highest BCUT2D eigenvalue weighted by Gasteiger charge is 2.27. The molecule has 1 aliphatic carbocycles. The number of allylic oxidation sites excluding steroid dienone is 1. The zero-order valence-corrected chi connectivity index (χ0v) is 13.5. The molecule has 0 spiro atoms. The lowest BCUT2D eigenvalue weighted by Crippen LogP contribution is -2.35. The van der Waals surface area contributed by atoms with Gasteiger partial charge in [0.15, 0.2) is 0 Å². The molecule has 1 aliphatic heterocycles. The zero-order valence-electron chi connectivity index (χ0n) is 13.5. The summed E-state index contributed by atoms with van der Waals surface area (Å²) < 4.78 is 7.82. The first-order valence-electron chi connectivity index (χ1n) is 8.48. The predicted octanol–water partition coefficient (Wildman–Crippen LogP) is 2.98. The molecule has 1 atom stereocenters. The Morgan fingerprint density at radius 1 is 1.41 bits per heavy atom. The molecule has 22 heavy (non-hydrogen) atoms. The maximum atomic E-state index is 12.8. The van der Waals surface area contributed by atoms with E-state index in [9.17, 15) is 4.79 Å². The lowest BCUT2D eigenvalue weighted by Gasteiger charge is -2.24. The number of carbonyl (C=O) groups is 1. The molecule has 0 fully saturated rings. The minimum absolute atomic E-state index is 0.244. The van der Waals surface area contributed by atoms with Crippen molar-refractivity contribution in [2.75, 3.05) is 19.8 Å². The van der Waals surface area contributed by atoms with Gasteiger partial charge in [-0.15, -0.1) is 0 Å². The smallest absolute Gasteiger partial charge is 0.249 e. The van der Waals surface area contributed by atoms with Crippen LogP contribution in [0.25, 0.3) is 0 Å². The van der Waals surface area contributed by atoms with Crippen molar-refractivity contribution in [1.29, 1.82) is 0 Å². The first-order chi connectivity index (χ1) is 10.8. The summed E-state index contributed by atoms with van der Waals surface area (Å²) in [6, 6.07) is 4.21. The average molecular weight is 302 g/mol. The van der Waals surface area contributed by atoms with Crippen molar-refractivity contribution in [2.24, 2.45) is 5.92 Å². The van der Waals surface area contributed by atoms with Crippen LogP contribution in [0.5, 0.6) is 0 Å². The fourth-order valence-electron chi connectivity index (χ4n) is 3.48. The van der Waals surface area contributed by atoms with Crippen molar-refractivity contribution in [3.05, 3.63) is 35.7 Å². The summed E-state index contributed by atoms with van der Waals surface area (Å²) in [5.74, 6) is 0.708. The van der Waals surface area contributed by atoms with Crippen LogP contribution < -0.4 is 0 Å². The first kappa shape index (κ1) is 15.3. The topological polar surface area (TPSA) is 34.5 Å². The van der Waals surface area contributed by atoms with Crippen molar-refractivity contribution >= 4 is 5.91 Å². The third kappa shape index (κ3) is 3.43. The van der Waals surface area contributed by atoms with Crippen molar-refractivity contribution in [3.63, 3.8) is 0 Å². The van der Waals surface area contributed by atoms with Gasteiger partial charge in [-0.2, -0.15) is 0 Å². The van der Waals surface area contributed by atoms with Crippen LogP contribution >= 0.6 is 0 Å². The molecule has 4 nitrogen and oxygen atoms in total. The average Bonchev–Trinajstić information content (AvgIpc) is 3.16. The molecular weight excluding hydrogens is 276 g/mol. The number of amides is 1. The van der Waals surface area contributed by atoms with Crippen LogP contribution in [0.3, 0.4) is 0 Å². The highest BCUT2D eigenvalue weighted by atomic mass is 16.5. The fourth-order valence-corrected chi connectivity index (χ4v) is 3.48. The van der Waals surface area contributed by atoms with E-state index in [2.05, 4.69) is 29.0 Å². The molecule has 0 radical (unpaired) electrons. The molecule has 120 valence electrons. The van der Waals surface area contributed by atoms with Crippen molar-refractivity contribution in [1.82, 2.24) is 9.47 Å². The Morgan fingerprint density at radius 3 is 3.09 bits per heavy atom. The Balaban J connectivity index is 1.73. The number of ether oxygens (including phenoxy) is 1. The van der Waals surface area contributed by atoms with Crippen molar-refractivity contribution < 1.29 is 9.53 Å². The van der Waals surface area contributed by atoms with Gasteiger partial charge in [0.05, 0.1) is 6.54 Å². The second-order valence-corrected chi connectivity index (χ2v) is 6.31. The lowest BCUT2D eigenvalue weighted by atomic mass is 10.0. The van der Waals surface area contributed by atoms with Gasteiger partial charge < -0.3 is 14.2 Å². The molecule has 3 rings (SSSR count). The molecule has 0 saturated heterocycles. The molecule has 2 heterocycles. The molecule has 0 unspecified atom stereocenters. The number of hydrogen-bond donors (Lipinski definition) is 0. The summed E-state index contributed by atoms with van der Waals surface area (Å²) in [5, 5.41) is 0. The quantitative estimate of drug-likeness (QED) is 0.784. The fraction of sp³-hybridized carbons (Fsp3) is 0.611. The van der Waals surface area contributed by atoms with Gasteiger partial charge in [0.25, 0.3) is 0 Å². The Bertz CT molecular complexity index is 547. The lowest BCUT2D eigenvalue weighted by molar-refractivity contribution is -0.128. The molecule has 1 amide bonds. The molecule has 0 N–H and O–H groups in total. The first-order valence-corrected chi connectivity index (χ1v) is 8.48. The van der Waals surface area contributed by atoms with E-state index in [1.165, 1.54) is 5.69 Å². The van der Waals surface area contributed by atoms with Crippen LogP contribution in [-0.4, -0.2) is 35.1 Å². The van der Waals surface area contributed by atoms with E-state index >= 15 is 0 Å². The molecule has 0 saturated carbocycles. The van der Waals surface area contributed by atoms with Gasteiger partial charge in [0.1, 0.15) is 0 Å². The van der Waals surface area contributed by atoms with Crippen LogP contribution in [0, 0.1) is 5.92 Å². The highest BCUT2D eigenvalue weighted by molar-refractivity contribution is 5.93. The van der Waals surface area contributed by atoms with E-state index in [1.807, 2.05) is 11.8 Å². The zero-order chi connectivity index (χ0) is 15.4. The maximum Gasteiger partial charge on any atom is 0.249 e. The Hall–Kier alpha value is -1.55. The minimum Gasteiger partial charge on any atom is -0.382 e. The van der Waals surface area contributed by atoms with Gasteiger partial charge in [-0.3, -0.25) is 4.79 Å². The summed E-state index contributed by atoms with van der Waals surface area (Å²) in [7, 11) is 0. The van der Waals surface area contributed by atoms with Crippen molar-refractivity contribution in [3.8, 4) is 0 Å². The van der Waals surface area contributed by atoms with Gasteiger partial charge in [-0.25, -0.2) is 0 Å². The third-order valence-electron chi connectivity index (χ3n) is 4.69. The molecular formula is C18H26N2O2. The number of rotatable bonds is 5. The summed E-state index contributed by atoms with van der Waals surface area (Å²) in [4.78, 5) is 14.8. The van der Waals surface area contributed by atoms with Gasteiger partial charge >= 0.3 is 0 Å². The number of aromatic nitrogens is 1. The normalized spacial score (nSPS) is 21.4. The second-order valence-electron chi connectivity index (χ2n) is 6.31. The minimum atomic E-state index is 0.244. The van der Waals surface area contributed by atoms with E-state index in [-0.39, 0.29) is 5.91 Å². The Morgan fingerprint density at radius 2 is 2.32 bits per heavy atom. The number of nitrogens with zero attached hydrogens (tertiary/aromatic N) is 2. The standard InChI is InChI=1S/C18H26N2O2/c1-2-22-11-9-15-12-19-10-5-8-17(19)14-20(13-15)18(21)16-6-3-4-7-16/h5-6,8,10,15H,2-4,7,9,11-14H2,1H3/t15-/m0/s1. The van der Waals surface area contributed by atoms with Gasteiger partial charge in [0.2, 0.25) is 5.91 Å². The van der Waals surface area contributed by atoms with Crippen LogP contribution in [0.1, 0.15) is 38.3 Å². The van der Waals surface area contributed by atoms with E-state index in [0.29, 0.717) is 5.92 Å². The molecule has 4 heteroatoms. The van der Waals surface area contributed by atoms with Gasteiger partial charge in [-0.1, -0.05) is 6.08 Å². The monoisotopic (exact) mass is 302 g/mol. The molecule has 0 bridgehead atoms. The van der Waals surface area contributed by atoms with Crippen LogP contribution in [0.15, 0.2) is 30.0 Å². The molecule has 2 aliphatic rings. The largest absolute Gasteiger partial charge is 0.382 e. The van der Waals surface area contributed by atoms with Crippen LogP contribution in [-0.2, 0) is 22.6 Å². The second kappa shape index (κ2) is 7.14. The highest BCUT2D eigenvalue weighted by Crippen LogP contribution is 2.25. The Labute approximate surface area is 132 Å². The van der Waals surface area contributed by atoms with Crippen molar-refractivity contribution in [2.45, 2.75) is 45.7 Å². The SMILES string of the molecule is CCOCC[C@@H]1CN(C(=O)C2=CCCC2)Cc2cccn2C1. The summed E-state index contributed by atoms with van der Waals surface area (Å²) in [6.07, 6.45) is 8.39. The summed E-state index contributed by atoms with van der Waals surface area (Å²) in [6.45, 7) is 6.12. The van der Waals surface area contributed by atoms with E-state index in [4.69, 9.17) is 4.74 Å². The summed E-state index contributed by atoms with van der Waals surface area (Å²) >= 11 is 0. The van der Waals surface area contributed by atoms with Crippen LogP contribution in [0.2, 0.25) is 0 Å². The predicted molar refractivity (Wildman–Crippen MR) is 86.4 cm³/mol. The Kier molecular flexibility index (Phi) is 4.98. The van der Waals surface area contributed by atoms with E-state index in [1.54, 1.807) is 0 Å². The van der Waals surface area contributed by atoms with Gasteiger partial charge in [-0.05, 0) is 50.7 Å². The number of fused-ring (bicyclic) bond motifs is 1. The van der Waals surface area contributed by atoms with E-state index < -0.39 is 0 Å². The van der Waals surface area contributed by atoms with Gasteiger partial charge in [0, 0.05) is 43.8 Å². The molecule has 1 aromatic rings. The maximum absolute atomic E-state index is 12.8. The number of carbonyl (C=O) groups excluding carboxylic acids is 1. The van der Waals surface area contributed by atoms with Crippen LogP contribution in [0.4, 0.5) is 0 Å². The molecule has 1 aromatic heterocycles. The third-order valence-corrected chi connectivity index (χ3v) is 4.69. The van der Waals surface area contributed by atoms with E-state index in [0.717, 1.165) is 64.1 Å². The number of hydrogen-bond acceptors (Lipinski definition) is 2. The molecule has 0 aromatic carbocycles.